The van der Waals surface area contributed by atoms with Gasteiger partial charge < -0.3 is 4.74 Å². The molecule has 27 heavy (non-hydrogen) atoms. The molecule has 0 saturated carbocycles. The van der Waals surface area contributed by atoms with Crippen LogP contribution in [-0.2, 0) is 0 Å². The minimum Gasteiger partial charge on any atom is -0.457 e. The zero-order valence-electron chi connectivity index (χ0n) is 15.0. The molecule has 3 heteroatoms. The van der Waals surface area contributed by atoms with Crippen LogP contribution in [0.1, 0.15) is 28.4 Å². The smallest absolute Gasteiger partial charge is 0.185 e. The number of hydrogen-bond donors (Lipinski definition) is 0. The second-order valence-electron chi connectivity index (χ2n) is 6.18. The molecule has 134 valence electrons. The summed E-state index contributed by atoms with van der Waals surface area (Å²) in [6.45, 7) is 5.88. The lowest BCUT2D eigenvalue weighted by Gasteiger charge is -2.07. The van der Waals surface area contributed by atoms with Crippen molar-refractivity contribution in [1.29, 1.82) is 0 Å². The summed E-state index contributed by atoms with van der Waals surface area (Å²) in [4.78, 5) is 12.1. The first-order valence-corrected chi connectivity index (χ1v) is 8.53. The fraction of sp³-hybridized carbons (Fsp3) is 0.0417. The first kappa shape index (κ1) is 18.3. The van der Waals surface area contributed by atoms with Gasteiger partial charge in [-0.05, 0) is 72.7 Å². The van der Waals surface area contributed by atoms with Crippen LogP contribution in [0.15, 0.2) is 85.5 Å². The summed E-state index contributed by atoms with van der Waals surface area (Å²) in [5, 5.41) is 0. The van der Waals surface area contributed by atoms with Crippen LogP contribution >= 0.6 is 0 Å². The van der Waals surface area contributed by atoms with Crippen molar-refractivity contribution in [2.75, 3.05) is 0 Å². The number of rotatable bonds is 6. The molecule has 0 atom stereocenters. The van der Waals surface area contributed by atoms with Crippen molar-refractivity contribution in [1.82, 2.24) is 0 Å². The minimum atomic E-state index is -0.361. The molecule has 0 radical (unpaired) electrons. The fourth-order valence-corrected chi connectivity index (χ4v) is 2.47. The molecule has 0 unspecified atom stereocenters. The van der Waals surface area contributed by atoms with Gasteiger partial charge in [-0.1, -0.05) is 42.5 Å². The number of benzene rings is 3. The highest BCUT2D eigenvalue weighted by Crippen LogP contribution is 2.24. The Labute approximate surface area is 158 Å². The van der Waals surface area contributed by atoms with E-state index in [1.54, 1.807) is 6.08 Å². The molecule has 0 aliphatic heterocycles. The molecular formula is C24H19FO2. The zero-order chi connectivity index (χ0) is 19.2. The van der Waals surface area contributed by atoms with E-state index in [0.717, 1.165) is 22.4 Å². The maximum absolute atomic E-state index is 12.9. The van der Waals surface area contributed by atoms with Crippen molar-refractivity contribution in [3.63, 3.8) is 0 Å². The largest absolute Gasteiger partial charge is 0.457 e. The lowest BCUT2D eigenvalue weighted by molar-refractivity contribution is 0.104. The van der Waals surface area contributed by atoms with Crippen LogP contribution in [-0.4, -0.2) is 5.78 Å². The maximum atomic E-state index is 12.9. The van der Waals surface area contributed by atoms with E-state index in [4.69, 9.17) is 4.74 Å². The molecule has 3 aromatic carbocycles. The molecule has 0 fully saturated rings. The summed E-state index contributed by atoms with van der Waals surface area (Å²) < 4.78 is 18.7. The third kappa shape index (κ3) is 5.02. The van der Waals surface area contributed by atoms with E-state index in [0.29, 0.717) is 11.3 Å². The number of allylic oxidation sites excluding steroid dienone is 2. The van der Waals surface area contributed by atoms with E-state index >= 15 is 0 Å². The molecule has 0 bridgehead atoms. The Morgan fingerprint density at radius 3 is 1.93 bits per heavy atom. The average molecular weight is 358 g/mol. The summed E-state index contributed by atoms with van der Waals surface area (Å²) in [7, 11) is 0. The van der Waals surface area contributed by atoms with Gasteiger partial charge in [0.25, 0.3) is 0 Å². The highest BCUT2D eigenvalue weighted by Gasteiger charge is 2.02. The van der Waals surface area contributed by atoms with Gasteiger partial charge in [0, 0.05) is 5.56 Å². The number of halogens is 1. The van der Waals surface area contributed by atoms with Crippen LogP contribution in [0, 0.1) is 5.82 Å². The van der Waals surface area contributed by atoms with Crippen LogP contribution in [0.4, 0.5) is 4.39 Å². The van der Waals surface area contributed by atoms with E-state index < -0.39 is 0 Å². The number of carbonyl (C=O) groups excluding carboxylic acids is 1. The fourth-order valence-electron chi connectivity index (χ4n) is 2.47. The van der Waals surface area contributed by atoms with Gasteiger partial charge in [0.15, 0.2) is 5.78 Å². The Morgan fingerprint density at radius 2 is 1.37 bits per heavy atom. The predicted molar refractivity (Wildman–Crippen MR) is 107 cm³/mol. The third-order valence-corrected chi connectivity index (χ3v) is 4.02. The van der Waals surface area contributed by atoms with Gasteiger partial charge in [0.05, 0.1) is 0 Å². The maximum Gasteiger partial charge on any atom is 0.185 e. The third-order valence-electron chi connectivity index (χ3n) is 4.02. The van der Waals surface area contributed by atoms with E-state index in [-0.39, 0.29) is 11.6 Å². The quantitative estimate of drug-likeness (QED) is 0.369. The van der Waals surface area contributed by atoms with Crippen LogP contribution in [0.5, 0.6) is 11.5 Å². The van der Waals surface area contributed by atoms with Gasteiger partial charge in [0.1, 0.15) is 17.3 Å². The van der Waals surface area contributed by atoms with Crippen LogP contribution in [0.2, 0.25) is 0 Å². The van der Waals surface area contributed by atoms with E-state index in [1.807, 2.05) is 55.5 Å². The molecule has 3 aromatic rings. The molecule has 0 saturated heterocycles. The minimum absolute atomic E-state index is 0.173. The van der Waals surface area contributed by atoms with Gasteiger partial charge >= 0.3 is 0 Å². The second-order valence-corrected chi connectivity index (χ2v) is 6.18. The zero-order valence-corrected chi connectivity index (χ0v) is 15.0. The first-order chi connectivity index (χ1) is 13.0. The van der Waals surface area contributed by atoms with Crippen LogP contribution in [0.25, 0.3) is 11.6 Å². The summed E-state index contributed by atoms with van der Waals surface area (Å²) >= 11 is 0. The summed E-state index contributed by atoms with van der Waals surface area (Å²) in [5.41, 5.74) is 3.41. The molecule has 3 rings (SSSR count). The highest BCUT2D eigenvalue weighted by atomic mass is 19.1. The van der Waals surface area contributed by atoms with Crippen LogP contribution in [0.3, 0.4) is 0 Å². The lowest BCUT2D eigenvalue weighted by atomic mass is 10.1. The molecule has 2 nitrogen and oxygen atoms in total. The summed E-state index contributed by atoms with van der Waals surface area (Å²) in [6, 6.07) is 20.6. The van der Waals surface area contributed by atoms with Gasteiger partial charge in [-0.25, -0.2) is 4.39 Å². The topological polar surface area (TPSA) is 26.3 Å². The molecule has 0 aliphatic rings. The Kier molecular flexibility index (Phi) is 5.62. The first-order valence-electron chi connectivity index (χ1n) is 8.53. The van der Waals surface area contributed by atoms with Gasteiger partial charge in [-0.2, -0.15) is 0 Å². The van der Waals surface area contributed by atoms with Gasteiger partial charge in [-0.3, -0.25) is 4.79 Å². The molecule has 0 amide bonds. The van der Waals surface area contributed by atoms with E-state index in [9.17, 15) is 9.18 Å². The van der Waals surface area contributed by atoms with Crippen molar-refractivity contribution in [2.45, 2.75) is 6.92 Å². The number of ketones is 1. The number of carbonyl (C=O) groups is 1. The second kappa shape index (κ2) is 8.28. The van der Waals surface area contributed by atoms with Crippen LogP contribution < -0.4 is 4.74 Å². The molecule has 0 spiro atoms. The SMILES string of the molecule is C=C(C)c1ccc(Oc2ccc(/C=C/C(=O)c3ccc(F)cc3)cc2)cc1. The average Bonchev–Trinajstić information content (AvgIpc) is 2.68. The predicted octanol–water partition coefficient (Wildman–Crippen LogP) is 6.55. The van der Waals surface area contributed by atoms with Crippen molar-refractivity contribution < 1.29 is 13.9 Å². The molecule has 0 N–H and O–H groups in total. The van der Waals surface area contributed by atoms with Crippen molar-refractivity contribution in [2.24, 2.45) is 0 Å². The van der Waals surface area contributed by atoms with Gasteiger partial charge in [-0.15, -0.1) is 0 Å². The van der Waals surface area contributed by atoms with Crippen molar-refractivity contribution in [3.05, 3.63) is 108 Å². The Morgan fingerprint density at radius 1 is 0.852 bits per heavy atom. The Hall–Kier alpha value is -3.46. The Balaban J connectivity index is 1.63. The molecule has 0 aromatic heterocycles. The highest BCUT2D eigenvalue weighted by molar-refractivity contribution is 6.06. The van der Waals surface area contributed by atoms with Crippen molar-refractivity contribution in [3.8, 4) is 11.5 Å². The normalized spacial score (nSPS) is 10.7. The lowest BCUT2D eigenvalue weighted by Crippen LogP contribution is -1.93. The number of hydrogen-bond acceptors (Lipinski definition) is 2. The van der Waals surface area contributed by atoms with Gasteiger partial charge in [0.2, 0.25) is 0 Å². The molecular weight excluding hydrogens is 339 g/mol. The summed E-state index contributed by atoms with van der Waals surface area (Å²) in [5.74, 6) is 0.920. The monoisotopic (exact) mass is 358 g/mol. The summed E-state index contributed by atoms with van der Waals surface area (Å²) in [6.07, 6.45) is 3.19. The van der Waals surface area contributed by atoms with Crippen molar-refractivity contribution >= 4 is 17.4 Å². The molecule has 0 aliphatic carbocycles. The number of ether oxygens (including phenoxy) is 1. The standard InChI is InChI=1S/C24H19FO2/c1-17(2)19-8-14-23(15-9-19)27-22-12-3-18(4-13-22)5-16-24(26)20-6-10-21(25)11-7-20/h3-16H,1H2,2H3/b16-5+. The molecule has 0 heterocycles. The van der Waals surface area contributed by atoms with E-state index in [1.165, 1.54) is 30.3 Å². The Bertz CT molecular complexity index is 966. The van der Waals surface area contributed by atoms with E-state index in [2.05, 4.69) is 6.58 Å².